The first-order valence-electron chi connectivity index (χ1n) is 6.82. The molecular weight excluding hydrogens is 256 g/mol. The summed E-state index contributed by atoms with van der Waals surface area (Å²) < 4.78 is 0. The second kappa shape index (κ2) is 5.94. The second-order valence-corrected chi connectivity index (χ2v) is 5.46. The maximum absolute atomic E-state index is 12.0. The van der Waals surface area contributed by atoms with E-state index in [0.717, 1.165) is 29.7 Å². The molecule has 108 valence electrons. The van der Waals surface area contributed by atoms with Crippen molar-refractivity contribution in [3.63, 3.8) is 0 Å². The monoisotopic (exact) mass is 276 g/mol. The minimum Gasteiger partial charge on any atom is -0.481 e. The summed E-state index contributed by atoms with van der Waals surface area (Å²) in [6, 6.07) is 5.16. The van der Waals surface area contributed by atoms with E-state index in [9.17, 15) is 9.59 Å². The van der Waals surface area contributed by atoms with E-state index >= 15 is 0 Å². The van der Waals surface area contributed by atoms with Crippen molar-refractivity contribution in [3.8, 4) is 0 Å². The van der Waals surface area contributed by atoms with Crippen molar-refractivity contribution >= 4 is 17.7 Å². The first kappa shape index (κ1) is 14.4. The Morgan fingerprint density at radius 1 is 1.35 bits per heavy atom. The zero-order valence-electron chi connectivity index (χ0n) is 11.8. The van der Waals surface area contributed by atoms with Crippen molar-refractivity contribution in [3.05, 3.63) is 29.3 Å². The van der Waals surface area contributed by atoms with Crippen LogP contribution in [0.25, 0.3) is 0 Å². The van der Waals surface area contributed by atoms with Crippen LogP contribution >= 0.6 is 0 Å². The Morgan fingerprint density at radius 2 is 2.05 bits per heavy atom. The summed E-state index contributed by atoms with van der Waals surface area (Å²) in [6.07, 6.45) is 1.95. The molecule has 1 atom stereocenters. The van der Waals surface area contributed by atoms with Crippen LogP contribution in [0.1, 0.15) is 30.4 Å². The van der Waals surface area contributed by atoms with E-state index in [1.54, 1.807) is 0 Å². The van der Waals surface area contributed by atoms with Gasteiger partial charge in [0, 0.05) is 11.7 Å². The highest BCUT2D eigenvalue weighted by Gasteiger charge is 2.33. The van der Waals surface area contributed by atoms with Gasteiger partial charge in [0.25, 0.3) is 0 Å². The zero-order valence-corrected chi connectivity index (χ0v) is 11.8. The Labute approximate surface area is 118 Å². The number of aryl methyl sites for hydroxylation is 2. The van der Waals surface area contributed by atoms with E-state index in [2.05, 4.69) is 10.6 Å². The van der Waals surface area contributed by atoms with E-state index in [1.165, 1.54) is 0 Å². The minimum absolute atomic E-state index is 0.0229. The lowest BCUT2D eigenvalue weighted by Gasteiger charge is -2.17. The highest BCUT2D eigenvalue weighted by molar-refractivity contribution is 5.90. The van der Waals surface area contributed by atoms with Crippen molar-refractivity contribution in [2.75, 3.05) is 5.32 Å². The largest absolute Gasteiger partial charge is 0.481 e. The third-order valence-corrected chi connectivity index (χ3v) is 3.53. The normalized spacial score (nSPS) is 15.5. The fourth-order valence-electron chi connectivity index (χ4n) is 2.30. The highest BCUT2D eigenvalue weighted by atomic mass is 16.4. The summed E-state index contributed by atoms with van der Waals surface area (Å²) in [7, 11) is 0. The summed E-state index contributed by atoms with van der Waals surface area (Å²) in [4.78, 5) is 22.8. The summed E-state index contributed by atoms with van der Waals surface area (Å²) >= 11 is 0. The molecule has 0 aromatic heterocycles. The number of nitrogens with one attached hydrogen (secondary N) is 2. The lowest BCUT2D eigenvalue weighted by Crippen LogP contribution is -2.40. The van der Waals surface area contributed by atoms with Crippen LogP contribution in [0.15, 0.2) is 18.2 Å². The Morgan fingerprint density at radius 3 is 2.60 bits per heavy atom. The highest BCUT2D eigenvalue weighted by Crippen LogP contribution is 2.34. The first-order valence-corrected chi connectivity index (χ1v) is 6.82. The van der Waals surface area contributed by atoms with E-state index in [0.29, 0.717) is 5.92 Å². The predicted molar refractivity (Wildman–Crippen MR) is 76.8 cm³/mol. The van der Waals surface area contributed by atoms with Crippen molar-refractivity contribution in [1.82, 2.24) is 5.32 Å². The van der Waals surface area contributed by atoms with Crippen LogP contribution in [0.4, 0.5) is 10.5 Å². The lowest BCUT2D eigenvalue weighted by molar-refractivity contribution is -0.137. The van der Waals surface area contributed by atoms with Gasteiger partial charge >= 0.3 is 12.0 Å². The lowest BCUT2D eigenvalue weighted by atomic mass is 10.1. The molecule has 0 radical (unpaired) electrons. The van der Waals surface area contributed by atoms with Gasteiger partial charge in [0.05, 0.1) is 6.42 Å². The summed E-state index contributed by atoms with van der Waals surface area (Å²) in [6.45, 7) is 3.92. The van der Waals surface area contributed by atoms with E-state index in [4.69, 9.17) is 5.11 Å². The number of carbonyl (C=O) groups is 2. The first-order chi connectivity index (χ1) is 9.45. The molecule has 3 N–H and O–H groups in total. The molecule has 2 amide bonds. The summed E-state index contributed by atoms with van der Waals surface area (Å²) in [5.41, 5.74) is 2.87. The van der Waals surface area contributed by atoms with Crippen LogP contribution in [-0.4, -0.2) is 23.1 Å². The van der Waals surface area contributed by atoms with Gasteiger partial charge in [-0.25, -0.2) is 4.79 Å². The van der Waals surface area contributed by atoms with E-state index in [1.807, 2.05) is 32.0 Å². The average Bonchev–Trinajstić information content (AvgIpc) is 3.15. The Balaban J connectivity index is 1.95. The number of carboxylic acid groups (broad SMARTS) is 1. The van der Waals surface area contributed by atoms with Crippen molar-refractivity contribution in [1.29, 1.82) is 0 Å². The Bertz CT molecular complexity index is 524. The number of benzene rings is 1. The summed E-state index contributed by atoms with van der Waals surface area (Å²) in [5, 5.41) is 14.4. The fourth-order valence-corrected chi connectivity index (χ4v) is 2.30. The number of anilines is 1. The fraction of sp³-hybridized carbons (Fsp3) is 0.467. The topological polar surface area (TPSA) is 78.4 Å². The number of urea groups is 1. The minimum atomic E-state index is -0.881. The quantitative estimate of drug-likeness (QED) is 0.773. The number of carboxylic acids is 1. The maximum Gasteiger partial charge on any atom is 0.319 e. The van der Waals surface area contributed by atoms with Gasteiger partial charge in [0.1, 0.15) is 0 Å². The molecule has 20 heavy (non-hydrogen) atoms. The van der Waals surface area contributed by atoms with Gasteiger partial charge in [-0.3, -0.25) is 4.79 Å². The molecule has 0 aliphatic heterocycles. The standard InChI is InChI=1S/C15H20N2O3/c1-9-3-6-12(10(2)7-9)16-15(20)17-13(8-14(18)19)11-4-5-11/h3,6-7,11,13H,4-5,8H2,1-2H3,(H,18,19)(H2,16,17,20). The van der Waals surface area contributed by atoms with Gasteiger partial charge in [-0.15, -0.1) is 0 Å². The molecule has 0 bridgehead atoms. The number of carbonyl (C=O) groups excluding carboxylic acids is 1. The number of aliphatic carboxylic acids is 1. The van der Waals surface area contributed by atoms with Gasteiger partial charge < -0.3 is 15.7 Å². The van der Waals surface area contributed by atoms with Crippen LogP contribution in [-0.2, 0) is 4.79 Å². The van der Waals surface area contributed by atoms with E-state index in [-0.39, 0.29) is 18.5 Å². The molecule has 5 nitrogen and oxygen atoms in total. The molecule has 1 aliphatic carbocycles. The molecule has 2 rings (SSSR count). The van der Waals surface area contributed by atoms with Gasteiger partial charge in [0.15, 0.2) is 0 Å². The Kier molecular flexibility index (Phi) is 4.27. The number of rotatable bonds is 5. The smallest absolute Gasteiger partial charge is 0.319 e. The van der Waals surface area contributed by atoms with Crippen LogP contribution in [0.2, 0.25) is 0 Å². The Hall–Kier alpha value is -2.04. The molecule has 0 heterocycles. The predicted octanol–water partition coefficient (Wildman–Crippen LogP) is 2.68. The van der Waals surface area contributed by atoms with Gasteiger partial charge in [-0.1, -0.05) is 17.7 Å². The molecular formula is C15H20N2O3. The second-order valence-electron chi connectivity index (χ2n) is 5.46. The van der Waals surface area contributed by atoms with Crippen LogP contribution in [0.3, 0.4) is 0 Å². The SMILES string of the molecule is Cc1ccc(NC(=O)NC(CC(=O)O)C2CC2)c(C)c1. The molecule has 1 aliphatic rings. The van der Waals surface area contributed by atoms with Crippen LogP contribution < -0.4 is 10.6 Å². The van der Waals surface area contributed by atoms with Gasteiger partial charge in [0.2, 0.25) is 0 Å². The maximum atomic E-state index is 12.0. The number of hydrogen-bond donors (Lipinski definition) is 3. The third-order valence-electron chi connectivity index (χ3n) is 3.53. The molecule has 1 aromatic rings. The van der Waals surface area contributed by atoms with Crippen LogP contribution in [0.5, 0.6) is 0 Å². The number of amides is 2. The molecule has 0 saturated heterocycles. The zero-order chi connectivity index (χ0) is 14.7. The van der Waals surface area contributed by atoms with Gasteiger partial charge in [-0.2, -0.15) is 0 Å². The molecule has 1 fully saturated rings. The van der Waals surface area contributed by atoms with Crippen molar-refractivity contribution < 1.29 is 14.7 Å². The molecule has 0 spiro atoms. The molecule has 1 saturated carbocycles. The average molecular weight is 276 g/mol. The summed E-state index contributed by atoms with van der Waals surface area (Å²) in [5.74, 6) is -0.579. The molecule has 1 unspecified atom stereocenters. The van der Waals surface area contributed by atoms with Crippen molar-refractivity contribution in [2.45, 2.75) is 39.2 Å². The van der Waals surface area contributed by atoms with Crippen molar-refractivity contribution in [2.24, 2.45) is 5.92 Å². The van der Waals surface area contributed by atoms with E-state index < -0.39 is 5.97 Å². The number of hydrogen-bond acceptors (Lipinski definition) is 2. The third kappa shape index (κ3) is 3.98. The van der Waals surface area contributed by atoms with Crippen LogP contribution in [0, 0.1) is 19.8 Å². The molecule has 5 heteroatoms. The van der Waals surface area contributed by atoms with Gasteiger partial charge in [-0.05, 0) is 44.2 Å². The molecule has 1 aromatic carbocycles.